The predicted molar refractivity (Wildman–Crippen MR) is 110 cm³/mol. The highest BCUT2D eigenvalue weighted by Gasteiger charge is 2.15. The Morgan fingerprint density at radius 3 is 2.54 bits per heavy atom. The molecule has 28 heavy (non-hydrogen) atoms. The molecule has 1 aromatic heterocycles. The third-order valence-electron chi connectivity index (χ3n) is 3.91. The number of H-pyrrole nitrogens is 2. The van der Waals surface area contributed by atoms with Crippen LogP contribution >= 0.6 is 12.2 Å². The summed E-state index contributed by atoms with van der Waals surface area (Å²) in [6.07, 6.45) is 2.52. The lowest BCUT2D eigenvalue weighted by Gasteiger charge is -2.13. The minimum absolute atomic E-state index is 0.115. The Balaban J connectivity index is 2.41. The normalized spacial score (nSPS) is 11.4. The Labute approximate surface area is 168 Å². The van der Waals surface area contributed by atoms with Gasteiger partial charge in [0.25, 0.3) is 5.56 Å². The van der Waals surface area contributed by atoms with Gasteiger partial charge < -0.3 is 19.2 Å². The van der Waals surface area contributed by atoms with Crippen LogP contribution in [0.15, 0.2) is 29.1 Å². The van der Waals surface area contributed by atoms with Gasteiger partial charge in [-0.1, -0.05) is 19.9 Å². The lowest BCUT2D eigenvalue weighted by atomic mass is 10.1. The van der Waals surface area contributed by atoms with Gasteiger partial charge in [0.1, 0.15) is 0 Å². The summed E-state index contributed by atoms with van der Waals surface area (Å²) >= 11 is 4.98. The minimum atomic E-state index is -0.604. The van der Waals surface area contributed by atoms with Crippen LogP contribution in [0.4, 0.5) is 0 Å². The summed E-state index contributed by atoms with van der Waals surface area (Å²) in [5.74, 6) is 1.10. The second-order valence-electron chi connectivity index (χ2n) is 6.49. The maximum atomic E-state index is 12.3. The topological polar surface area (TPSA) is 93.4 Å². The van der Waals surface area contributed by atoms with E-state index in [1.165, 1.54) is 13.2 Å². The quantitative estimate of drug-likeness (QED) is 0.397. The minimum Gasteiger partial charge on any atom is -0.493 e. The number of aromatic nitrogens is 2. The predicted octanol–water partition coefficient (Wildman–Crippen LogP) is 3.58. The molecule has 0 spiro atoms. The van der Waals surface area contributed by atoms with Crippen molar-refractivity contribution in [2.45, 2.75) is 20.3 Å². The maximum absolute atomic E-state index is 12.3. The Morgan fingerprint density at radius 1 is 1.18 bits per heavy atom. The molecule has 0 unspecified atom stereocenters. The van der Waals surface area contributed by atoms with Gasteiger partial charge in [0, 0.05) is 6.07 Å². The number of benzene rings is 1. The van der Waals surface area contributed by atoms with Crippen molar-refractivity contribution >= 4 is 29.8 Å². The molecule has 2 rings (SSSR count). The summed E-state index contributed by atoms with van der Waals surface area (Å²) in [5, 5.41) is 0. The molecular weight excluding hydrogens is 380 g/mol. The van der Waals surface area contributed by atoms with Crippen molar-refractivity contribution in [2.75, 3.05) is 20.8 Å². The smallest absolute Gasteiger partial charge is 0.339 e. The number of hydrogen-bond acceptors (Lipinski definition) is 6. The summed E-state index contributed by atoms with van der Waals surface area (Å²) in [4.78, 5) is 29.2. The Kier molecular flexibility index (Phi) is 7.57. The lowest BCUT2D eigenvalue weighted by molar-refractivity contribution is -0.133. The van der Waals surface area contributed by atoms with Crippen molar-refractivity contribution < 1.29 is 19.0 Å². The van der Waals surface area contributed by atoms with Gasteiger partial charge in [-0.2, -0.15) is 0 Å². The molecule has 0 radical (unpaired) electrons. The van der Waals surface area contributed by atoms with E-state index in [4.69, 9.17) is 26.4 Å². The number of methoxy groups -OCH3 is 2. The first-order valence-corrected chi connectivity index (χ1v) is 9.19. The van der Waals surface area contributed by atoms with E-state index in [2.05, 4.69) is 23.8 Å². The average Bonchev–Trinajstić information content (AvgIpc) is 2.65. The van der Waals surface area contributed by atoms with Crippen molar-refractivity contribution in [3.63, 3.8) is 0 Å². The summed E-state index contributed by atoms with van der Waals surface area (Å²) < 4.78 is 16.1. The first kappa shape index (κ1) is 21.4. The molecule has 2 aromatic rings. The van der Waals surface area contributed by atoms with Crippen LogP contribution in [0.2, 0.25) is 0 Å². The molecule has 7 nitrogen and oxygen atoms in total. The van der Waals surface area contributed by atoms with Crippen LogP contribution in [0.1, 0.15) is 31.5 Å². The van der Waals surface area contributed by atoms with E-state index in [0.29, 0.717) is 29.6 Å². The fourth-order valence-electron chi connectivity index (χ4n) is 2.43. The van der Waals surface area contributed by atoms with Crippen LogP contribution in [0.25, 0.3) is 11.6 Å². The molecule has 0 amide bonds. The third kappa shape index (κ3) is 5.82. The number of nitrogens with one attached hydrogen (secondary N) is 2. The molecule has 8 heteroatoms. The van der Waals surface area contributed by atoms with E-state index in [9.17, 15) is 9.59 Å². The number of carbonyl (C=O) groups is 1. The molecule has 0 aliphatic rings. The summed E-state index contributed by atoms with van der Waals surface area (Å²) in [5.41, 5.74) is 0.681. The van der Waals surface area contributed by atoms with Gasteiger partial charge in [-0.25, -0.2) is 4.79 Å². The molecular formula is C20H24N2O5S. The average molecular weight is 404 g/mol. The van der Waals surface area contributed by atoms with E-state index < -0.39 is 11.5 Å². The highest BCUT2D eigenvalue weighted by molar-refractivity contribution is 7.71. The van der Waals surface area contributed by atoms with Crippen LogP contribution < -0.4 is 15.0 Å². The zero-order valence-electron chi connectivity index (χ0n) is 16.3. The number of rotatable bonds is 8. The van der Waals surface area contributed by atoms with E-state index in [1.54, 1.807) is 31.4 Å². The van der Waals surface area contributed by atoms with Gasteiger partial charge in [0.2, 0.25) is 0 Å². The first-order valence-electron chi connectivity index (χ1n) is 8.79. The van der Waals surface area contributed by atoms with Gasteiger partial charge >= 0.3 is 5.97 Å². The molecule has 1 aromatic carbocycles. The van der Waals surface area contributed by atoms with Crippen molar-refractivity contribution in [3.8, 4) is 11.5 Å². The molecule has 0 aliphatic heterocycles. The number of hydrogen-bond donors (Lipinski definition) is 2. The Bertz CT molecular complexity index is 947. The van der Waals surface area contributed by atoms with Crippen LogP contribution in [0, 0.1) is 10.7 Å². The maximum Gasteiger partial charge on any atom is 0.339 e. The molecule has 0 bridgehead atoms. The van der Waals surface area contributed by atoms with Crippen molar-refractivity contribution in [1.82, 2.24) is 9.97 Å². The largest absolute Gasteiger partial charge is 0.493 e. The summed E-state index contributed by atoms with van der Waals surface area (Å²) in [7, 11) is 2.82. The van der Waals surface area contributed by atoms with Gasteiger partial charge in [0.05, 0.1) is 32.1 Å². The molecule has 0 atom stereocenters. The van der Waals surface area contributed by atoms with Crippen LogP contribution in [0.3, 0.4) is 0 Å². The van der Waals surface area contributed by atoms with E-state index >= 15 is 0 Å². The van der Waals surface area contributed by atoms with E-state index in [-0.39, 0.29) is 16.0 Å². The van der Waals surface area contributed by atoms with Crippen molar-refractivity contribution in [3.05, 3.63) is 50.6 Å². The van der Waals surface area contributed by atoms with Crippen LogP contribution in [-0.4, -0.2) is 36.8 Å². The number of aromatic amines is 2. The zero-order valence-corrected chi connectivity index (χ0v) is 17.1. The van der Waals surface area contributed by atoms with Gasteiger partial charge in [-0.15, -0.1) is 0 Å². The van der Waals surface area contributed by atoms with Gasteiger partial charge in [-0.3, -0.25) is 9.78 Å². The van der Waals surface area contributed by atoms with Gasteiger partial charge in [0.15, 0.2) is 16.3 Å². The number of ether oxygens (including phenoxy) is 3. The molecule has 0 fully saturated rings. The Hall–Kier alpha value is -2.87. The molecule has 0 aliphatic carbocycles. The summed E-state index contributed by atoms with van der Waals surface area (Å²) in [6.45, 7) is 4.84. The zero-order chi connectivity index (χ0) is 20.7. The van der Waals surface area contributed by atoms with E-state index in [1.807, 2.05) is 0 Å². The third-order valence-corrected chi connectivity index (χ3v) is 4.11. The van der Waals surface area contributed by atoms with E-state index in [0.717, 1.165) is 6.42 Å². The lowest BCUT2D eigenvalue weighted by Crippen LogP contribution is -2.12. The monoisotopic (exact) mass is 404 g/mol. The summed E-state index contributed by atoms with van der Waals surface area (Å²) in [6, 6.07) is 6.56. The number of carbonyl (C=O) groups excluding carboxylic acids is 1. The van der Waals surface area contributed by atoms with Crippen molar-refractivity contribution in [1.29, 1.82) is 0 Å². The first-order chi connectivity index (χ1) is 13.3. The second-order valence-corrected chi connectivity index (χ2v) is 6.90. The SMILES string of the molecule is COC(=O)/C(=C\c1ccc(OCCC(C)C)c(OC)c1)c1cc(=O)[nH]c(=S)[nH]1. The molecule has 2 N–H and O–H groups in total. The molecule has 0 saturated carbocycles. The highest BCUT2D eigenvalue weighted by Crippen LogP contribution is 2.30. The standard InChI is InChI=1S/C20H24N2O5S/c1-12(2)7-8-27-16-6-5-13(10-17(16)25-3)9-14(19(24)26-4)15-11-18(23)22-20(28)21-15/h5-6,9-12H,7-8H2,1-4H3,(H2,21,22,23,28)/b14-9-. The fourth-order valence-corrected chi connectivity index (χ4v) is 2.65. The Morgan fingerprint density at radius 2 is 1.93 bits per heavy atom. The molecule has 150 valence electrons. The highest BCUT2D eigenvalue weighted by atomic mass is 32.1. The number of esters is 1. The van der Waals surface area contributed by atoms with Crippen molar-refractivity contribution in [2.24, 2.45) is 5.92 Å². The van der Waals surface area contributed by atoms with Crippen LogP contribution in [-0.2, 0) is 9.53 Å². The van der Waals surface area contributed by atoms with Gasteiger partial charge in [-0.05, 0) is 48.3 Å². The second kappa shape index (κ2) is 9.89. The molecule has 1 heterocycles. The molecule has 0 saturated heterocycles. The van der Waals surface area contributed by atoms with Crippen LogP contribution in [0.5, 0.6) is 11.5 Å². The fraction of sp³-hybridized carbons (Fsp3) is 0.350.